The molecular weight excluding hydrogens is 228 g/mol. The molecular formula is C14H22N2O2. The first-order chi connectivity index (χ1) is 8.30. The summed E-state index contributed by atoms with van der Waals surface area (Å²) in [6.07, 6.45) is 2.03. The Morgan fingerprint density at radius 3 is 2.22 bits per heavy atom. The molecule has 0 aliphatic carbocycles. The van der Waals surface area contributed by atoms with Gasteiger partial charge in [-0.1, -0.05) is 26.0 Å². The maximum atomic E-state index is 10.6. The lowest BCUT2D eigenvalue weighted by atomic mass is 9.86. The molecule has 0 saturated carbocycles. The molecule has 0 radical (unpaired) electrons. The summed E-state index contributed by atoms with van der Waals surface area (Å²) in [5.41, 5.74) is 1.57. The molecule has 100 valence electrons. The normalized spacial score (nSPS) is 11.8. The number of aryl methyl sites for hydroxylation is 1. The van der Waals surface area contributed by atoms with Crippen LogP contribution in [-0.4, -0.2) is 30.5 Å². The van der Waals surface area contributed by atoms with Crippen LogP contribution >= 0.6 is 0 Å². The molecule has 4 nitrogen and oxygen atoms in total. The summed E-state index contributed by atoms with van der Waals surface area (Å²) < 4.78 is 0. The van der Waals surface area contributed by atoms with Crippen molar-refractivity contribution in [3.8, 4) is 0 Å². The van der Waals surface area contributed by atoms with Gasteiger partial charge in [-0.2, -0.15) is 0 Å². The van der Waals surface area contributed by atoms with Gasteiger partial charge in [0.25, 0.3) is 5.69 Å². The van der Waals surface area contributed by atoms with Gasteiger partial charge in [-0.3, -0.25) is 10.1 Å². The first-order valence-electron chi connectivity index (χ1n) is 6.18. The Morgan fingerprint density at radius 2 is 1.78 bits per heavy atom. The summed E-state index contributed by atoms with van der Waals surface area (Å²) in [6, 6.07) is 6.86. The average Bonchev–Trinajstić information content (AvgIpc) is 2.25. The van der Waals surface area contributed by atoms with Crippen LogP contribution in [0.4, 0.5) is 5.69 Å². The van der Waals surface area contributed by atoms with Crippen molar-refractivity contribution in [2.75, 3.05) is 20.6 Å². The number of nitrogens with zero attached hydrogens (tertiary/aromatic N) is 2. The molecule has 18 heavy (non-hydrogen) atoms. The maximum Gasteiger partial charge on any atom is 0.269 e. The molecule has 0 fully saturated rings. The van der Waals surface area contributed by atoms with Gasteiger partial charge in [0.15, 0.2) is 0 Å². The van der Waals surface area contributed by atoms with Crippen molar-refractivity contribution in [3.63, 3.8) is 0 Å². The van der Waals surface area contributed by atoms with Gasteiger partial charge >= 0.3 is 0 Å². The number of nitro groups is 1. The minimum Gasteiger partial charge on any atom is -0.309 e. The minimum absolute atomic E-state index is 0.159. The second-order valence-corrected chi connectivity index (χ2v) is 5.83. The van der Waals surface area contributed by atoms with Crippen LogP contribution in [0, 0.1) is 15.5 Å². The second-order valence-electron chi connectivity index (χ2n) is 5.83. The van der Waals surface area contributed by atoms with Crippen LogP contribution in [0.25, 0.3) is 0 Å². The maximum absolute atomic E-state index is 10.6. The number of hydrogen-bond acceptors (Lipinski definition) is 3. The Balaban J connectivity index is 2.55. The van der Waals surface area contributed by atoms with Crippen LogP contribution in [0.15, 0.2) is 24.3 Å². The number of non-ortho nitro benzene ring substituents is 1. The van der Waals surface area contributed by atoms with Crippen molar-refractivity contribution in [2.45, 2.75) is 26.7 Å². The fourth-order valence-corrected chi connectivity index (χ4v) is 2.20. The lowest BCUT2D eigenvalue weighted by molar-refractivity contribution is -0.384. The van der Waals surface area contributed by atoms with Crippen molar-refractivity contribution >= 4 is 5.69 Å². The largest absolute Gasteiger partial charge is 0.309 e. The standard InChI is InChI=1S/C14H22N2O2/c1-14(2,11-15(3)4)10-9-12-5-7-13(8-6-12)16(17)18/h5-8H,9-11H2,1-4H3. The van der Waals surface area contributed by atoms with Gasteiger partial charge in [0.1, 0.15) is 0 Å². The molecule has 0 amide bonds. The van der Waals surface area contributed by atoms with E-state index in [-0.39, 0.29) is 16.0 Å². The first kappa shape index (κ1) is 14.6. The van der Waals surface area contributed by atoms with E-state index in [1.165, 1.54) is 0 Å². The van der Waals surface area contributed by atoms with Gasteiger partial charge in [0.2, 0.25) is 0 Å². The smallest absolute Gasteiger partial charge is 0.269 e. The Hall–Kier alpha value is -1.42. The Kier molecular flexibility index (Phi) is 4.84. The number of nitro benzene ring substituents is 1. The Morgan fingerprint density at radius 1 is 1.22 bits per heavy atom. The quantitative estimate of drug-likeness (QED) is 0.575. The minimum atomic E-state index is -0.361. The summed E-state index contributed by atoms with van der Waals surface area (Å²) in [6.45, 7) is 5.54. The molecule has 0 bridgehead atoms. The highest BCUT2D eigenvalue weighted by Gasteiger charge is 2.18. The highest BCUT2D eigenvalue weighted by atomic mass is 16.6. The topological polar surface area (TPSA) is 46.4 Å². The van der Waals surface area contributed by atoms with Crippen LogP contribution in [-0.2, 0) is 6.42 Å². The Bertz CT molecular complexity index is 397. The SMILES string of the molecule is CN(C)CC(C)(C)CCc1ccc([N+](=O)[O-])cc1. The van der Waals surface area contributed by atoms with Crippen molar-refractivity contribution in [2.24, 2.45) is 5.41 Å². The molecule has 0 aromatic heterocycles. The molecule has 0 heterocycles. The highest BCUT2D eigenvalue weighted by molar-refractivity contribution is 5.32. The summed E-state index contributed by atoms with van der Waals surface area (Å²) in [4.78, 5) is 12.4. The third-order valence-corrected chi connectivity index (χ3v) is 2.98. The zero-order valence-corrected chi connectivity index (χ0v) is 11.6. The predicted octanol–water partition coefficient (Wildman–Crippen LogP) is 3.12. The van der Waals surface area contributed by atoms with E-state index in [4.69, 9.17) is 0 Å². The van der Waals surface area contributed by atoms with E-state index < -0.39 is 0 Å². The van der Waals surface area contributed by atoms with E-state index in [2.05, 4.69) is 32.8 Å². The van der Waals surface area contributed by atoms with E-state index in [9.17, 15) is 10.1 Å². The Labute approximate surface area is 109 Å². The summed E-state index contributed by atoms with van der Waals surface area (Å²) in [5.74, 6) is 0. The summed E-state index contributed by atoms with van der Waals surface area (Å²) >= 11 is 0. The number of hydrogen-bond donors (Lipinski definition) is 0. The molecule has 1 aromatic carbocycles. The van der Waals surface area contributed by atoms with Crippen LogP contribution in [0.5, 0.6) is 0 Å². The van der Waals surface area contributed by atoms with Crippen LogP contribution in [0.3, 0.4) is 0 Å². The fraction of sp³-hybridized carbons (Fsp3) is 0.571. The van der Waals surface area contributed by atoms with E-state index >= 15 is 0 Å². The van der Waals surface area contributed by atoms with E-state index in [1.54, 1.807) is 12.1 Å². The zero-order chi connectivity index (χ0) is 13.8. The van der Waals surface area contributed by atoms with E-state index in [1.807, 2.05) is 12.1 Å². The van der Waals surface area contributed by atoms with Crippen molar-refractivity contribution in [1.29, 1.82) is 0 Å². The molecule has 0 atom stereocenters. The van der Waals surface area contributed by atoms with E-state index in [0.717, 1.165) is 24.9 Å². The fourth-order valence-electron chi connectivity index (χ4n) is 2.20. The lowest BCUT2D eigenvalue weighted by Gasteiger charge is -2.28. The molecule has 4 heteroatoms. The summed E-state index contributed by atoms with van der Waals surface area (Å²) in [7, 11) is 4.15. The van der Waals surface area contributed by atoms with Crippen molar-refractivity contribution in [3.05, 3.63) is 39.9 Å². The monoisotopic (exact) mass is 250 g/mol. The van der Waals surface area contributed by atoms with Gasteiger partial charge in [-0.25, -0.2) is 0 Å². The third-order valence-electron chi connectivity index (χ3n) is 2.98. The lowest BCUT2D eigenvalue weighted by Crippen LogP contribution is -2.28. The van der Waals surface area contributed by atoms with Gasteiger partial charge in [0.05, 0.1) is 4.92 Å². The molecule has 0 unspecified atom stereocenters. The van der Waals surface area contributed by atoms with Crippen LogP contribution < -0.4 is 0 Å². The zero-order valence-electron chi connectivity index (χ0n) is 11.6. The molecule has 1 rings (SSSR count). The van der Waals surface area contributed by atoms with Gasteiger partial charge in [-0.15, -0.1) is 0 Å². The molecule has 0 spiro atoms. The predicted molar refractivity (Wildman–Crippen MR) is 73.8 cm³/mol. The molecule has 0 saturated heterocycles. The van der Waals surface area contributed by atoms with Crippen LogP contribution in [0.2, 0.25) is 0 Å². The number of rotatable bonds is 6. The highest BCUT2D eigenvalue weighted by Crippen LogP contribution is 2.24. The number of benzene rings is 1. The first-order valence-corrected chi connectivity index (χ1v) is 6.18. The second kappa shape index (κ2) is 5.96. The van der Waals surface area contributed by atoms with Gasteiger partial charge in [-0.05, 0) is 37.9 Å². The molecule has 1 aromatic rings. The average molecular weight is 250 g/mol. The molecule has 0 aliphatic rings. The third kappa shape index (κ3) is 4.84. The summed E-state index contributed by atoms with van der Waals surface area (Å²) in [5, 5.41) is 10.6. The molecule has 0 N–H and O–H groups in total. The van der Waals surface area contributed by atoms with Crippen molar-refractivity contribution in [1.82, 2.24) is 4.90 Å². The van der Waals surface area contributed by atoms with Gasteiger partial charge < -0.3 is 4.90 Å². The van der Waals surface area contributed by atoms with Crippen molar-refractivity contribution < 1.29 is 4.92 Å². The molecule has 0 aliphatic heterocycles. The van der Waals surface area contributed by atoms with Crippen LogP contribution in [0.1, 0.15) is 25.8 Å². The van der Waals surface area contributed by atoms with E-state index in [0.29, 0.717) is 0 Å². The van der Waals surface area contributed by atoms with Gasteiger partial charge in [0, 0.05) is 18.7 Å².